The van der Waals surface area contributed by atoms with Crippen molar-refractivity contribution in [3.8, 4) is 17.1 Å². The molecule has 1 N–H and O–H groups in total. The Morgan fingerprint density at radius 3 is 2.93 bits per heavy atom. The molecule has 78 valence electrons. The molecule has 4 nitrogen and oxygen atoms in total. The summed E-state index contributed by atoms with van der Waals surface area (Å²) in [5.41, 5.74) is 0.965. The highest BCUT2D eigenvalue weighted by atomic mass is 32.1. The van der Waals surface area contributed by atoms with Gasteiger partial charge in [0.15, 0.2) is 5.82 Å². The number of nitrogens with zero attached hydrogens (tertiary/aromatic N) is 2. The highest BCUT2D eigenvalue weighted by molar-refractivity contribution is 7.09. The average Bonchev–Trinajstić information content (AvgIpc) is 2.78. The third-order valence-corrected chi connectivity index (χ3v) is 2.70. The van der Waals surface area contributed by atoms with Gasteiger partial charge in [0, 0.05) is 24.1 Å². The van der Waals surface area contributed by atoms with E-state index >= 15 is 0 Å². The van der Waals surface area contributed by atoms with Crippen molar-refractivity contribution in [1.82, 2.24) is 9.36 Å². The molecule has 0 aliphatic carbocycles. The third-order valence-electron chi connectivity index (χ3n) is 1.97. The second kappa shape index (κ2) is 4.27. The van der Waals surface area contributed by atoms with E-state index in [1.165, 1.54) is 11.5 Å². The number of nitrogens with one attached hydrogen (secondary N) is 1. The summed E-state index contributed by atoms with van der Waals surface area (Å²) in [5.74, 6) is 1.54. The van der Waals surface area contributed by atoms with E-state index in [2.05, 4.69) is 14.7 Å². The Morgan fingerprint density at radius 1 is 1.40 bits per heavy atom. The predicted molar refractivity (Wildman–Crippen MR) is 61.4 cm³/mol. The first kappa shape index (κ1) is 9.92. The second-order valence-electron chi connectivity index (χ2n) is 2.91. The molecule has 2 aromatic rings. The van der Waals surface area contributed by atoms with E-state index < -0.39 is 0 Å². The minimum atomic E-state index is 0.725. The van der Waals surface area contributed by atoms with Crippen LogP contribution >= 0.6 is 11.5 Å². The van der Waals surface area contributed by atoms with Crippen molar-refractivity contribution >= 4 is 16.7 Å². The van der Waals surface area contributed by atoms with Gasteiger partial charge in [0.1, 0.15) is 5.75 Å². The van der Waals surface area contributed by atoms with Gasteiger partial charge in [-0.3, -0.25) is 0 Å². The van der Waals surface area contributed by atoms with Gasteiger partial charge in [0.05, 0.1) is 7.11 Å². The van der Waals surface area contributed by atoms with Crippen LogP contribution in [0.2, 0.25) is 0 Å². The van der Waals surface area contributed by atoms with Crippen LogP contribution in [-0.4, -0.2) is 23.5 Å². The zero-order chi connectivity index (χ0) is 10.7. The lowest BCUT2D eigenvalue weighted by Crippen LogP contribution is -1.87. The zero-order valence-corrected chi connectivity index (χ0v) is 9.34. The molecule has 0 saturated heterocycles. The van der Waals surface area contributed by atoms with E-state index in [0.717, 1.165) is 22.3 Å². The number of benzene rings is 1. The van der Waals surface area contributed by atoms with Crippen molar-refractivity contribution < 1.29 is 4.74 Å². The molecule has 0 aliphatic rings. The first-order chi connectivity index (χ1) is 7.33. The van der Waals surface area contributed by atoms with Crippen LogP contribution in [0, 0.1) is 0 Å². The zero-order valence-electron chi connectivity index (χ0n) is 8.52. The molecular formula is C10H11N3OS. The van der Waals surface area contributed by atoms with Gasteiger partial charge in [0.2, 0.25) is 5.13 Å². The lowest BCUT2D eigenvalue weighted by Gasteiger charge is -2.00. The van der Waals surface area contributed by atoms with Crippen LogP contribution < -0.4 is 10.1 Å². The van der Waals surface area contributed by atoms with Crippen LogP contribution in [0.25, 0.3) is 11.4 Å². The number of hydrogen-bond acceptors (Lipinski definition) is 5. The number of rotatable bonds is 3. The van der Waals surface area contributed by atoms with E-state index in [9.17, 15) is 0 Å². The van der Waals surface area contributed by atoms with Gasteiger partial charge in [-0.1, -0.05) is 12.1 Å². The molecule has 1 aromatic carbocycles. The van der Waals surface area contributed by atoms with Crippen LogP contribution in [0.5, 0.6) is 5.75 Å². The van der Waals surface area contributed by atoms with Crippen molar-refractivity contribution in [3.05, 3.63) is 24.3 Å². The van der Waals surface area contributed by atoms with Gasteiger partial charge in [-0.2, -0.15) is 9.36 Å². The Bertz CT molecular complexity index is 455. The van der Waals surface area contributed by atoms with Crippen molar-refractivity contribution in [2.24, 2.45) is 0 Å². The molecule has 0 atom stereocenters. The monoisotopic (exact) mass is 221 g/mol. The smallest absolute Gasteiger partial charge is 0.202 e. The van der Waals surface area contributed by atoms with Crippen LogP contribution in [0.1, 0.15) is 0 Å². The minimum Gasteiger partial charge on any atom is -0.497 e. The topological polar surface area (TPSA) is 47.0 Å². The van der Waals surface area contributed by atoms with Crippen LogP contribution in [0.4, 0.5) is 5.13 Å². The van der Waals surface area contributed by atoms with E-state index in [4.69, 9.17) is 4.74 Å². The summed E-state index contributed by atoms with van der Waals surface area (Å²) in [6, 6.07) is 7.70. The third kappa shape index (κ3) is 2.07. The van der Waals surface area contributed by atoms with Gasteiger partial charge in [-0.15, -0.1) is 0 Å². The molecule has 0 radical (unpaired) electrons. The molecular weight excluding hydrogens is 210 g/mol. The van der Waals surface area contributed by atoms with Gasteiger partial charge < -0.3 is 10.1 Å². The fraction of sp³-hybridized carbons (Fsp3) is 0.200. The minimum absolute atomic E-state index is 0.725. The number of anilines is 1. The van der Waals surface area contributed by atoms with E-state index in [0.29, 0.717) is 0 Å². The standard InChI is InChI=1S/C10H11N3OS/c1-11-10-12-9(13-15-10)7-4-3-5-8(6-7)14-2/h3-6H,1-2H3,(H,11,12,13). The largest absolute Gasteiger partial charge is 0.497 e. The molecule has 5 heteroatoms. The molecule has 0 spiro atoms. The number of methoxy groups -OCH3 is 1. The van der Waals surface area contributed by atoms with Gasteiger partial charge in [0.25, 0.3) is 0 Å². The SMILES string of the molecule is CNc1nc(-c2cccc(OC)c2)ns1. The second-order valence-corrected chi connectivity index (χ2v) is 3.66. The molecule has 15 heavy (non-hydrogen) atoms. The first-order valence-corrected chi connectivity index (χ1v) is 5.26. The maximum absolute atomic E-state index is 5.14. The van der Waals surface area contributed by atoms with Crippen LogP contribution in [-0.2, 0) is 0 Å². The summed E-state index contributed by atoms with van der Waals surface area (Å²) >= 11 is 1.34. The van der Waals surface area contributed by atoms with Gasteiger partial charge in [-0.25, -0.2) is 0 Å². The van der Waals surface area contributed by atoms with Crippen molar-refractivity contribution in [1.29, 1.82) is 0 Å². The molecule has 0 fully saturated rings. The number of hydrogen-bond donors (Lipinski definition) is 1. The van der Waals surface area contributed by atoms with Crippen molar-refractivity contribution in [2.45, 2.75) is 0 Å². The number of ether oxygens (including phenoxy) is 1. The van der Waals surface area contributed by atoms with Gasteiger partial charge >= 0.3 is 0 Å². The fourth-order valence-electron chi connectivity index (χ4n) is 1.20. The fourth-order valence-corrected chi connectivity index (χ4v) is 1.74. The summed E-state index contributed by atoms with van der Waals surface area (Å²) < 4.78 is 9.39. The molecule has 1 heterocycles. The van der Waals surface area contributed by atoms with Gasteiger partial charge in [-0.05, 0) is 12.1 Å². The van der Waals surface area contributed by atoms with Crippen molar-refractivity contribution in [3.63, 3.8) is 0 Å². The summed E-state index contributed by atoms with van der Waals surface area (Å²) in [7, 11) is 3.47. The quantitative estimate of drug-likeness (QED) is 0.863. The Kier molecular flexibility index (Phi) is 2.82. The summed E-state index contributed by atoms with van der Waals surface area (Å²) in [6.07, 6.45) is 0. The molecule has 0 amide bonds. The lowest BCUT2D eigenvalue weighted by molar-refractivity contribution is 0.415. The average molecular weight is 221 g/mol. The summed E-state index contributed by atoms with van der Waals surface area (Å²) in [6.45, 7) is 0. The Balaban J connectivity index is 2.35. The molecule has 0 bridgehead atoms. The normalized spacial score (nSPS) is 10.0. The Morgan fingerprint density at radius 2 is 2.27 bits per heavy atom. The van der Waals surface area contributed by atoms with E-state index in [-0.39, 0.29) is 0 Å². The Labute approximate surface area is 92.1 Å². The first-order valence-electron chi connectivity index (χ1n) is 4.49. The molecule has 0 unspecified atom stereocenters. The van der Waals surface area contributed by atoms with Crippen LogP contribution in [0.3, 0.4) is 0 Å². The Hall–Kier alpha value is -1.62. The maximum Gasteiger partial charge on any atom is 0.202 e. The highest BCUT2D eigenvalue weighted by Crippen LogP contribution is 2.23. The lowest BCUT2D eigenvalue weighted by atomic mass is 10.2. The highest BCUT2D eigenvalue weighted by Gasteiger charge is 2.05. The number of aromatic nitrogens is 2. The molecule has 1 aromatic heterocycles. The van der Waals surface area contributed by atoms with Crippen molar-refractivity contribution in [2.75, 3.05) is 19.5 Å². The maximum atomic E-state index is 5.14. The molecule has 2 rings (SSSR count). The van der Waals surface area contributed by atoms with E-state index in [1.54, 1.807) is 7.11 Å². The molecule has 0 saturated carbocycles. The van der Waals surface area contributed by atoms with E-state index in [1.807, 2.05) is 31.3 Å². The summed E-state index contributed by atoms with van der Waals surface area (Å²) in [4.78, 5) is 4.32. The van der Waals surface area contributed by atoms with Crippen LogP contribution in [0.15, 0.2) is 24.3 Å². The predicted octanol–water partition coefficient (Wildman–Crippen LogP) is 2.26. The molecule has 0 aliphatic heterocycles. The summed E-state index contributed by atoms with van der Waals surface area (Å²) in [5, 5.41) is 3.77.